The lowest BCUT2D eigenvalue weighted by Gasteiger charge is -2.28. The fourth-order valence-electron chi connectivity index (χ4n) is 1.62. The molecule has 0 amide bonds. The molecule has 9 heteroatoms. The first-order chi connectivity index (χ1) is 10.2. The fourth-order valence-corrected chi connectivity index (χ4v) is 1.62. The van der Waals surface area contributed by atoms with Gasteiger partial charge in [-0.1, -0.05) is 12.1 Å². The van der Waals surface area contributed by atoms with Gasteiger partial charge < -0.3 is 19.9 Å². The normalized spacial score (nSPS) is 13.9. The van der Waals surface area contributed by atoms with Crippen molar-refractivity contribution in [1.29, 1.82) is 0 Å². The van der Waals surface area contributed by atoms with Crippen LogP contribution in [0.2, 0.25) is 0 Å². The summed E-state index contributed by atoms with van der Waals surface area (Å²) in [6.45, 7) is -0.184. The molecule has 2 N–H and O–H groups in total. The number of rotatable bonds is 5. The maximum Gasteiger partial charge on any atom is 0.432 e. The number of hydrogen-bond acceptors (Lipinski definition) is 6. The van der Waals surface area contributed by atoms with Crippen LogP contribution in [0.5, 0.6) is 0 Å². The van der Waals surface area contributed by atoms with Crippen molar-refractivity contribution in [3.8, 4) is 0 Å². The van der Waals surface area contributed by atoms with Crippen LogP contribution in [-0.2, 0) is 24.7 Å². The van der Waals surface area contributed by atoms with Crippen LogP contribution in [0.15, 0.2) is 24.3 Å². The first kappa shape index (κ1) is 17.8. The van der Waals surface area contributed by atoms with Crippen LogP contribution in [0, 0.1) is 0 Å². The quantitative estimate of drug-likeness (QED) is 0.793. The van der Waals surface area contributed by atoms with Crippen LogP contribution in [0.4, 0.5) is 18.9 Å². The average Bonchev–Trinajstić information content (AvgIpc) is 2.50. The second-order valence-electron chi connectivity index (χ2n) is 4.21. The van der Waals surface area contributed by atoms with E-state index < -0.39 is 29.3 Å². The number of hydrogen-bond donors (Lipinski definition) is 2. The van der Waals surface area contributed by atoms with Crippen molar-refractivity contribution in [2.24, 2.45) is 0 Å². The number of carbonyl (C=O) groups is 2. The van der Waals surface area contributed by atoms with Gasteiger partial charge >= 0.3 is 18.1 Å². The third kappa shape index (κ3) is 3.48. The summed E-state index contributed by atoms with van der Waals surface area (Å²) < 4.78 is 47.4. The number of esters is 2. The molecule has 0 aliphatic rings. The largest absolute Gasteiger partial charge is 0.468 e. The molecule has 1 aromatic rings. The number of halogens is 3. The molecule has 122 valence electrons. The zero-order valence-corrected chi connectivity index (χ0v) is 11.7. The minimum atomic E-state index is -5.25. The van der Waals surface area contributed by atoms with E-state index in [2.05, 4.69) is 14.8 Å². The van der Waals surface area contributed by atoms with Crippen molar-refractivity contribution >= 4 is 17.6 Å². The molecule has 1 atom stereocenters. The molecule has 0 saturated carbocycles. The highest BCUT2D eigenvalue weighted by Crippen LogP contribution is 2.40. The molecule has 1 aromatic carbocycles. The van der Waals surface area contributed by atoms with E-state index in [1.807, 2.05) is 0 Å². The van der Waals surface area contributed by atoms with Gasteiger partial charge in [0.05, 0.1) is 14.2 Å². The molecular weight excluding hydrogens is 307 g/mol. The molecule has 0 heterocycles. The topological polar surface area (TPSA) is 84.9 Å². The van der Waals surface area contributed by atoms with E-state index in [1.54, 1.807) is 0 Å². The van der Waals surface area contributed by atoms with Crippen LogP contribution in [0.1, 0.15) is 5.56 Å². The third-order valence-electron chi connectivity index (χ3n) is 2.86. The summed E-state index contributed by atoms with van der Waals surface area (Å²) >= 11 is 0. The average molecular weight is 321 g/mol. The summed E-state index contributed by atoms with van der Waals surface area (Å²) in [4.78, 5) is 22.3. The van der Waals surface area contributed by atoms with E-state index in [4.69, 9.17) is 0 Å². The predicted octanol–water partition coefficient (Wildman–Crippen LogP) is 1.19. The van der Waals surface area contributed by atoms with Crippen molar-refractivity contribution in [3.05, 3.63) is 29.8 Å². The minimum absolute atomic E-state index is 0.184. The number of nitrogens with one attached hydrogen (secondary N) is 1. The van der Waals surface area contributed by atoms with E-state index >= 15 is 0 Å². The van der Waals surface area contributed by atoms with Gasteiger partial charge in [0.1, 0.15) is 6.54 Å². The lowest BCUT2D eigenvalue weighted by molar-refractivity contribution is -0.266. The highest BCUT2D eigenvalue weighted by molar-refractivity contribution is 5.82. The number of ether oxygens (including phenoxy) is 2. The molecule has 6 nitrogen and oxygen atoms in total. The van der Waals surface area contributed by atoms with Gasteiger partial charge in [-0.3, -0.25) is 4.79 Å². The SMILES string of the molecule is COC(=O)CNc1ccc([C@@](O)(C(=O)OC)C(F)(F)F)cc1. The summed E-state index contributed by atoms with van der Waals surface area (Å²) in [6, 6.07) is 4.17. The molecule has 0 aliphatic carbocycles. The number of benzene rings is 1. The summed E-state index contributed by atoms with van der Waals surface area (Å²) in [5, 5.41) is 12.3. The van der Waals surface area contributed by atoms with E-state index in [1.165, 1.54) is 19.2 Å². The van der Waals surface area contributed by atoms with Gasteiger partial charge in [0.15, 0.2) is 0 Å². The molecule has 22 heavy (non-hydrogen) atoms. The summed E-state index contributed by atoms with van der Waals surface area (Å²) in [5.74, 6) is -2.40. The third-order valence-corrected chi connectivity index (χ3v) is 2.86. The molecule has 0 saturated heterocycles. The second-order valence-corrected chi connectivity index (χ2v) is 4.21. The Kier molecular flexibility index (Phi) is 5.37. The van der Waals surface area contributed by atoms with Gasteiger partial charge in [-0.05, 0) is 12.1 Å². The van der Waals surface area contributed by atoms with E-state index in [0.29, 0.717) is 5.69 Å². The second kappa shape index (κ2) is 6.65. The Morgan fingerprint density at radius 1 is 1.14 bits per heavy atom. The van der Waals surface area contributed by atoms with Crippen molar-refractivity contribution in [1.82, 2.24) is 0 Å². The lowest BCUT2D eigenvalue weighted by atomic mass is 9.93. The Morgan fingerprint density at radius 3 is 2.09 bits per heavy atom. The zero-order valence-electron chi connectivity index (χ0n) is 11.7. The van der Waals surface area contributed by atoms with Gasteiger partial charge in [-0.25, -0.2) is 4.79 Å². The maximum absolute atomic E-state index is 13.0. The highest BCUT2D eigenvalue weighted by Gasteiger charge is 2.62. The maximum atomic E-state index is 13.0. The van der Waals surface area contributed by atoms with Crippen molar-refractivity contribution in [2.75, 3.05) is 26.1 Å². The van der Waals surface area contributed by atoms with Gasteiger partial charge in [-0.2, -0.15) is 13.2 Å². The monoisotopic (exact) mass is 321 g/mol. The van der Waals surface area contributed by atoms with Crippen molar-refractivity contribution < 1.29 is 37.3 Å². The first-order valence-corrected chi connectivity index (χ1v) is 5.95. The van der Waals surface area contributed by atoms with Crippen LogP contribution >= 0.6 is 0 Å². The van der Waals surface area contributed by atoms with Crippen LogP contribution in [0.25, 0.3) is 0 Å². The summed E-state index contributed by atoms with van der Waals surface area (Å²) in [5.41, 5.74) is -4.15. The fraction of sp³-hybridized carbons (Fsp3) is 0.385. The van der Waals surface area contributed by atoms with Gasteiger partial charge in [0.25, 0.3) is 5.60 Å². The number of alkyl halides is 3. The molecule has 0 aliphatic heterocycles. The molecule has 0 bridgehead atoms. The Labute approximate surface area is 123 Å². The molecule has 1 rings (SSSR count). The van der Waals surface area contributed by atoms with E-state index in [0.717, 1.165) is 19.2 Å². The molecule has 0 radical (unpaired) electrons. The highest BCUT2D eigenvalue weighted by atomic mass is 19.4. The molecule has 0 aromatic heterocycles. The summed E-state index contributed by atoms with van der Waals surface area (Å²) in [7, 11) is 1.93. The van der Waals surface area contributed by atoms with Gasteiger partial charge in [0.2, 0.25) is 0 Å². The first-order valence-electron chi connectivity index (χ1n) is 5.95. The molecule has 0 fully saturated rings. The van der Waals surface area contributed by atoms with Crippen LogP contribution < -0.4 is 5.32 Å². The lowest BCUT2D eigenvalue weighted by Crippen LogP contribution is -2.49. The van der Waals surface area contributed by atoms with Crippen molar-refractivity contribution in [3.63, 3.8) is 0 Å². The zero-order chi connectivity index (χ0) is 17.0. The van der Waals surface area contributed by atoms with E-state index in [9.17, 15) is 27.9 Å². The number of aliphatic hydroxyl groups is 1. The molecule has 0 unspecified atom stereocenters. The molecule has 0 spiro atoms. The van der Waals surface area contributed by atoms with E-state index in [-0.39, 0.29) is 6.54 Å². The smallest absolute Gasteiger partial charge is 0.432 e. The van der Waals surface area contributed by atoms with Crippen molar-refractivity contribution in [2.45, 2.75) is 11.8 Å². The van der Waals surface area contributed by atoms with Gasteiger partial charge in [0, 0.05) is 11.3 Å². The van der Waals surface area contributed by atoms with Crippen LogP contribution in [-0.4, -0.2) is 44.0 Å². The number of anilines is 1. The minimum Gasteiger partial charge on any atom is -0.468 e. The summed E-state index contributed by atoms with van der Waals surface area (Å²) in [6.07, 6.45) is -5.25. The Bertz CT molecular complexity index is 544. The Hall–Kier alpha value is -2.29. The Balaban J connectivity index is 3.04. The Morgan fingerprint density at radius 2 is 1.68 bits per heavy atom. The predicted molar refractivity (Wildman–Crippen MR) is 68.9 cm³/mol. The standard InChI is InChI=1S/C13H14F3NO5/c1-21-10(18)7-17-9-5-3-8(4-6-9)12(20,11(19)22-2)13(14,15)16/h3-6,17,20H,7H2,1-2H3/t12-/m1/s1. The van der Waals surface area contributed by atoms with Gasteiger partial charge in [-0.15, -0.1) is 0 Å². The van der Waals surface area contributed by atoms with Crippen LogP contribution in [0.3, 0.4) is 0 Å². The number of methoxy groups -OCH3 is 2. The molecular formula is C13H14F3NO5. The number of carbonyl (C=O) groups excluding carboxylic acids is 2.